The Morgan fingerprint density at radius 2 is 2.15 bits per heavy atom. The lowest BCUT2D eigenvalue weighted by Crippen LogP contribution is -2.25. The zero-order valence-corrected chi connectivity index (χ0v) is 16.6. The zero-order valence-electron chi connectivity index (χ0n) is 15.0. The Hall–Kier alpha value is -2.64. The molecule has 4 aromatic heterocycles. The summed E-state index contributed by atoms with van der Waals surface area (Å²) in [5.74, 6) is 0.161. The second kappa shape index (κ2) is 6.51. The number of rotatable bonds is 3. The lowest BCUT2D eigenvalue weighted by Gasteiger charge is -2.19. The molecule has 0 spiro atoms. The summed E-state index contributed by atoms with van der Waals surface area (Å²) >= 11 is 7.53. The summed E-state index contributed by atoms with van der Waals surface area (Å²) in [6.45, 7) is 5.53. The Morgan fingerprint density at radius 1 is 1.33 bits per heavy atom. The lowest BCUT2D eigenvalue weighted by molar-refractivity contribution is 0.00627. The number of fused-ring (bicyclic) bond motifs is 1. The molecule has 0 aliphatic rings. The molecule has 4 rings (SSSR count). The molecule has 0 aliphatic heterocycles. The van der Waals surface area contributed by atoms with Crippen LogP contribution in [0.5, 0.6) is 0 Å². The van der Waals surface area contributed by atoms with Crippen molar-refractivity contribution < 1.29 is 9.53 Å². The van der Waals surface area contributed by atoms with Crippen molar-refractivity contribution in [3.05, 3.63) is 52.2 Å². The van der Waals surface area contributed by atoms with Gasteiger partial charge < -0.3 is 9.72 Å². The number of ether oxygens (including phenoxy) is 1. The van der Waals surface area contributed by atoms with Crippen molar-refractivity contribution in [3.63, 3.8) is 0 Å². The van der Waals surface area contributed by atoms with Gasteiger partial charge in [0.05, 0.1) is 11.8 Å². The van der Waals surface area contributed by atoms with Crippen molar-refractivity contribution in [1.29, 1.82) is 0 Å². The Morgan fingerprint density at radius 3 is 2.78 bits per heavy atom. The smallest absolute Gasteiger partial charge is 0.358 e. The van der Waals surface area contributed by atoms with Crippen LogP contribution in [0.25, 0.3) is 28.3 Å². The summed E-state index contributed by atoms with van der Waals surface area (Å²) in [7, 11) is 0. The molecule has 0 aliphatic carbocycles. The van der Waals surface area contributed by atoms with Gasteiger partial charge in [-0.15, -0.1) is 0 Å². The van der Waals surface area contributed by atoms with Gasteiger partial charge in [0, 0.05) is 17.1 Å². The van der Waals surface area contributed by atoms with Gasteiger partial charge in [0.2, 0.25) is 0 Å². The number of imidazole rings is 2. The molecule has 1 N–H and O–H groups in total. The highest BCUT2D eigenvalue weighted by molar-refractivity contribution is 7.08. The molecule has 0 saturated heterocycles. The van der Waals surface area contributed by atoms with Crippen molar-refractivity contribution >= 4 is 34.6 Å². The molecule has 0 aromatic carbocycles. The molecular formula is C19H17ClN4O2S. The third kappa shape index (κ3) is 3.36. The van der Waals surface area contributed by atoms with Crippen LogP contribution in [-0.4, -0.2) is 30.9 Å². The molecule has 0 unspecified atom stereocenters. The van der Waals surface area contributed by atoms with E-state index in [2.05, 4.69) is 9.97 Å². The molecule has 0 saturated carbocycles. The highest BCUT2D eigenvalue weighted by atomic mass is 35.5. The fourth-order valence-corrected chi connectivity index (χ4v) is 3.59. The largest absolute Gasteiger partial charge is 0.455 e. The maximum atomic E-state index is 13.0. The summed E-state index contributed by atoms with van der Waals surface area (Å²) in [4.78, 5) is 25.0. The van der Waals surface area contributed by atoms with Crippen LogP contribution in [0.4, 0.5) is 0 Å². The molecule has 0 radical (unpaired) electrons. The van der Waals surface area contributed by atoms with Crippen molar-refractivity contribution in [2.24, 2.45) is 0 Å². The second-order valence-corrected chi connectivity index (χ2v) is 8.21. The summed E-state index contributed by atoms with van der Waals surface area (Å²) < 4.78 is 7.38. The Kier molecular flexibility index (Phi) is 4.28. The molecule has 0 fully saturated rings. The van der Waals surface area contributed by atoms with E-state index < -0.39 is 11.6 Å². The van der Waals surface area contributed by atoms with Crippen LogP contribution in [0.3, 0.4) is 0 Å². The van der Waals surface area contributed by atoms with E-state index in [1.165, 1.54) is 6.20 Å². The topological polar surface area (TPSA) is 72.3 Å². The Balaban J connectivity index is 1.97. The van der Waals surface area contributed by atoms with Gasteiger partial charge in [-0.1, -0.05) is 11.6 Å². The lowest BCUT2D eigenvalue weighted by atomic mass is 10.1. The molecule has 0 atom stereocenters. The number of halogens is 1. The first kappa shape index (κ1) is 17.8. The normalized spacial score (nSPS) is 11.9. The van der Waals surface area contributed by atoms with Crippen molar-refractivity contribution in [3.8, 4) is 22.6 Å². The van der Waals surface area contributed by atoms with Crippen LogP contribution >= 0.6 is 22.9 Å². The van der Waals surface area contributed by atoms with E-state index in [4.69, 9.17) is 21.3 Å². The number of hydrogen-bond donors (Lipinski definition) is 1. The molecule has 6 nitrogen and oxygen atoms in total. The fraction of sp³-hybridized carbons (Fsp3) is 0.211. The van der Waals surface area contributed by atoms with Gasteiger partial charge in [-0.25, -0.2) is 14.8 Å². The van der Waals surface area contributed by atoms with Crippen LogP contribution < -0.4 is 0 Å². The summed E-state index contributed by atoms with van der Waals surface area (Å²) in [5.41, 5.74) is 2.57. The van der Waals surface area contributed by atoms with Crippen molar-refractivity contribution in [2.75, 3.05) is 0 Å². The van der Waals surface area contributed by atoms with Crippen LogP contribution in [-0.2, 0) is 4.74 Å². The van der Waals surface area contributed by atoms with Gasteiger partial charge in [-0.05, 0) is 44.4 Å². The van der Waals surface area contributed by atoms with E-state index >= 15 is 0 Å². The minimum absolute atomic E-state index is 0.387. The standard InChI is InChI=1S/C19H17ClN4O2S/c1-19(2,3)26-18(25)15-14(11-6-8-27-10-11)23-17-12(5-4-7-24(15)17)16-21-9-13(20)22-16/h4-10H,1-3H3,(H,21,22). The predicted molar refractivity (Wildman–Crippen MR) is 106 cm³/mol. The monoisotopic (exact) mass is 400 g/mol. The van der Waals surface area contributed by atoms with Gasteiger partial charge in [-0.2, -0.15) is 11.3 Å². The number of hydrogen-bond acceptors (Lipinski definition) is 5. The minimum Gasteiger partial charge on any atom is -0.455 e. The number of pyridine rings is 1. The number of nitrogens with one attached hydrogen (secondary N) is 1. The van der Waals surface area contributed by atoms with Crippen molar-refractivity contribution in [1.82, 2.24) is 19.4 Å². The zero-order chi connectivity index (χ0) is 19.2. The molecule has 8 heteroatoms. The van der Waals surface area contributed by atoms with E-state index in [9.17, 15) is 4.79 Å². The quantitative estimate of drug-likeness (QED) is 0.488. The highest BCUT2D eigenvalue weighted by Crippen LogP contribution is 2.31. The van der Waals surface area contributed by atoms with Crippen LogP contribution in [0, 0.1) is 0 Å². The molecule has 4 aromatic rings. The van der Waals surface area contributed by atoms with E-state index in [1.807, 2.05) is 49.7 Å². The Bertz CT molecular complexity index is 1120. The number of aromatic nitrogens is 4. The van der Waals surface area contributed by atoms with Gasteiger partial charge >= 0.3 is 5.97 Å². The number of nitrogens with zero attached hydrogens (tertiary/aromatic N) is 3. The van der Waals surface area contributed by atoms with E-state index in [0.29, 0.717) is 28.0 Å². The third-order valence-corrected chi connectivity index (χ3v) is 4.71. The fourth-order valence-electron chi connectivity index (χ4n) is 2.81. The number of thiophene rings is 1. The summed E-state index contributed by atoms with van der Waals surface area (Å²) in [6, 6.07) is 5.66. The van der Waals surface area contributed by atoms with Gasteiger partial charge in [0.15, 0.2) is 5.69 Å². The first-order valence-corrected chi connectivity index (χ1v) is 9.63. The Labute approximate surface area is 164 Å². The number of H-pyrrole nitrogens is 1. The second-order valence-electron chi connectivity index (χ2n) is 7.02. The number of esters is 1. The number of aromatic amines is 1. The number of carbonyl (C=O) groups excluding carboxylic acids is 1. The van der Waals surface area contributed by atoms with E-state index in [1.54, 1.807) is 21.9 Å². The summed E-state index contributed by atoms with van der Waals surface area (Å²) in [6.07, 6.45) is 3.34. The molecule has 138 valence electrons. The molecule has 4 heterocycles. The van der Waals surface area contributed by atoms with Gasteiger partial charge in [-0.3, -0.25) is 4.40 Å². The van der Waals surface area contributed by atoms with Gasteiger partial charge in [0.1, 0.15) is 27.9 Å². The molecule has 0 bridgehead atoms. The first-order chi connectivity index (χ1) is 12.8. The first-order valence-electron chi connectivity index (χ1n) is 8.31. The molecule has 0 amide bonds. The van der Waals surface area contributed by atoms with Crippen LogP contribution in [0.2, 0.25) is 5.15 Å². The van der Waals surface area contributed by atoms with E-state index in [-0.39, 0.29) is 0 Å². The SMILES string of the molecule is CC(C)(C)OC(=O)c1c(-c2ccsc2)nc2c(-c3ncc(Cl)[nH]3)cccn12. The summed E-state index contributed by atoms with van der Waals surface area (Å²) in [5, 5.41) is 4.34. The van der Waals surface area contributed by atoms with Crippen LogP contribution in [0.15, 0.2) is 41.4 Å². The highest BCUT2D eigenvalue weighted by Gasteiger charge is 2.27. The van der Waals surface area contributed by atoms with Crippen molar-refractivity contribution in [2.45, 2.75) is 26.4 Å². The van der Waals surface area contributed by atoms with Gasteiger partial charge in [0.25, 0.3) is 0 Å². The molecule has 27 heavy (non-hydrogen) atoms. The molecular weight excluding hydrogens is 384 g/mol. The predicted octanol–water partition coefficient (Wildman–Crippen LogP) is 5.06. The average Bonchev–Trinajstić information content (AvgIpc) is 3.31. The average molecular weight is 401 g/mol. The maximum Gasteiger partial charge on any atom is 0.358 e. The van der Waals surface area contributed by atoms with Crippen LogP contribution in [0.1, 0.15) is 31.3 Å². The third-order valence-electron chi connectivity index (χ3n) is 3.84. The minimum atomic E-state index is -0.612. The maximum absolute atomic E-state index is 13.0. The number of carbonyl (C=O) groups is 1. The van der Waals surface area contributed by atoms with E-state index in [0.717, 1.165) is 11.1 Å².